The summed E-state index contributed by atoms with van der Waals surface area (Å²) in [5.74, 6) is -1.33. The van der Waals surface area contributed by atoms with E-state index < -0.39 is 30.4 Å². The third-order valence-corrected chi connectivity index (χ3v) is 4.66. The fourth-order valence-corrected chi connectivity index (χ4v) is 3.25. The SMILES string of the molecule is O=C(CC(F)(F)F)N1CCN(CC(O)Cn2c(-c3ccccc3)noc2=O)CC1. The number of aliphatic hydroxyl groups is 1. The molecule has 158 valence electrons. The highest BCUT2D eigenvalue weighted by atomic mass is 19.4. The Kier molecular flexibility index (Phi) is 6.38. The van der Waals surface area contributed by atoms with Crippen LogP contribution in [0.3, 0.4) is 0 Å². The molecule has 0 bridgehead atoms. The first-order valence-corrected chi connectivity index (χ1v) is 9.10. The van der Waals surface area contributed by atoms with Crippen LogP contribution >= 0.6 is 0 Å². The monoisotopic (exact) mass is 414 g/mol. The second-order valence-electron chi connectivity index (χ2n) is 6.88. The van der Waals surface area contributed by atoms with Crippen molar-refractivity contribution in [2.45, 2.75) is 25.2 Å². The molecule has 1 saturated heterocycles. The molecule has 0 spiro atoms. The number of alkyl halides is 3. The lowest BCUT2D eigenvalue weighted by Crippen LogP contribution is -2.51. The lowest BCUT2D eigenvalue weighted by atomic mass is 10.2. The highest BCUT2D eigenvalue weighted by Crippen LogP contribution is 2.21. The van der Waals surface area contributed by atoms with Crippen LogP contribution in [0.1, 0.15) is 6.42 Å². The maximum atomic E-state index is 12.3. The van der Waals surface area contributed by atoms with Gasteiger partial charge in [-0.05, 0) is 0 Å². The largest absolute Gasteiger partial charge is 0.441 e. The van der Waals surface area contributed by atoms with Crippen LogP contribution in [0.25, 0.3) is 11.4 Å². The first kappa shape index (κ1) is 21.1. The molecule has 1 atom stereocenters. The molecule has 11 heteroatoms. The third-order valence-electron chi connectivity index (χ3n) is 4.66. The van der Waals surface area contributed by atoms with E-state index in [9.17, 15) is 27.9 Å². The quantitative estimate of drug-likeness (QED) is 0.757. The zero-order chi connectivity index (χ0) is 21.0. The smallest absolute Gasteiger partial charge is 0.390 e. The van der Waals surface area contributed by atoms with Crippen molar-refractivity contribution in [3.05, 3.63) is 40.9 Å². The molecule has 1 aliphatic rings. The molecule has 8 nitrogen and oxygen atoms in total. The fraction of sp³-hybridized carbons (Fsp3) is 0.500. The second-order valence-corrected chi connectivity index (χ2v) is 6.88. The summed E-state index contributed by atoms with van der Waals surface area (Å²) in [7, 11) is 0. The van der Waals surface area contributed by atoms with Gasteiger partial charge in [-0.3, -0.25) is 18.8 Å². The molecule has 2 aromatic rings. The van der Waals surface area contributed by atoms with Crippen LogP contribution in [-0.4, -0.2) is 75.5 Å². The molecule has 1 fully saturated rings. The number of piperazine rings is 1. The maximum Gasteiger partial charge on any atom is 0.441 e. The first-order chi connectivity index (χ1) is 13.7. The zero-order valence-electron chi connectivity index (χ0n) is 15.5. The van der Waals surface area contributed by atoms with E-state index >= 15 is 0 Å². The fourth-order valence-electron chi connectivity index (χ4n) is 3.25. The van der Waals surface area contributed by atoms with Gasteiger partial charge in [0.15, 0.2) is 5.82 Å². The number of hydrogen-bond donors (Lipinski definition) is 1. The van der Waals surface area contributed by atoms with Crippen molar-refractivity contribution in [1.82, 2.24) is 19.5 Å². The lowest BCUT2D eigenvalue weighted by Gasteiger charge is -2.35. The van der Waals surface area contributed by atoms with Gasteiger partial charge in [-0.1, -0.05) is 35.5 Å². The van der Waals surface area contributed by atoms with Gasteiger partial charge in [0.2, 0.25) is 5.91 Å². The molecule has 1 amide bonds. The molecule has 2 heterocycles. The molecule has 1 unspecified atom stereocenters. The molecule has 29 heavy (non-hydrogen) atoms. The van der Waals surface area contributed by atoms with Crippen molar-refractivity contribution in [1.29, 1.82) is 0 Å². The van der Waals surface area contributed by atoms with Crippen LogP contribution in [0.15, 0.2) is 39.6 Å². The lowest BCUT2D eigenvalue weighted by molar-refractivity contribution is -0.162. The van der Waals surface area contributed by atoms with E-state index in [4.69, 9.17) is 4.52 Å². The number of halogens is 3. The Balaban J connectivity index is 1.54. The summed E-state index contributed by atoms with van der Waals surface area (Å²) < 4.78 is 43.0. The molecular weight excluding hydrogens is 393 g/mol. The molecule has 0 saturated carbocycles. The van der Waals surface area contributed by atoms with Crippen LogP contribution in [0.5, 0.6) is 0 Å². The number of carbonyl (C=O) groups excluding carboxylic acids is 1. The Bertz CT molecular complexity index is 873. The van der Waals surface area contributed by atoms with Crippen LogP contribution in [0.2, 0.25) is 0 Å². The number of aliphatic hydroxyl groups excluding tert-OH is 1. The zero-order valence-corrected chi connectivity index (χ0v) is 15.5. The van der Waals surface area contributed by atoms with Crippen molar-refractivity contribution in [3.8, 4) is 11.4 Å². The topological polar surface area (TPSA) is 91.8 Å². The Morgan fingerprint density at radius 2 is 1.79 bits per heavy atom. The number of hydrogen-bond acceptors (Lipinski definition) is 6. The Hall–Kier alpha value is -2.66. The number of nitrogens with zero attached hydrogens (tertiary/aromatic N) is 4. The van der Waals surface area contributed by atoms with Gasteiger partial charge in [0.05, 0.1) is 12.6 Å². The van der Waals surface area contributed by atoms with Crippen LogP contribution < -0.4 is 5.76 Å². The molecular formula is C18H21F3N4O4. The van der Waals surface area contributed by atoms with Crippen LogP contribution in [-0.2, 0) is 11.3 Å². The van der Waals surface area contributed by atoms with E-state index in [2.05, 4.69) is 5.16 Å². The third kappa shape index (κ3) is 5.67. The minimum absolute atomic E-state index is 0.0419. The van der Waals surface area contributed by atoms with E-state index in [1.807, 2.05) is 11.0 Å². The summed E-state index contributed by atoms with van der Waals surface area (Å²) in [6.07, 6.45) is -6.91. The minimum atomic E-state index is -4.52. The summed E-state index contributed by atoms with van der Waals surface area (Å²) in [6.45, 7) is 1.15. The molecule has 1 aliphatic heterocycles. The van der Waals surface area contributed by atoms with Crippen LogP contribution in [0, 0.1) is 0 Å². The van der Waals surface area contributed by atoms with Crippen molar-refractivity contribution >= 4 is 5.91 Å². The van der Waals surface area contributed by atoms with Gasteiger partial charge in [-0.2, -0.15) is 13.2 Å². The predicted molar refractivity (Wildman–Crippen MR) is 95.9 cm³/mol. The van der Waals surface area contributed by atoms with Gasteiger partial charge in [-0.25, -0.2) is 4.79 Å². The molecule has 3 rings (SSSR count). The second kappa shape index (κ2) is 8.78. The number of carbonyl (C=O) groups is 1. The minimum Gasteiger partial charge on any atom is -0.390 e. The Labute approximate surface area is 164 Å². The summed E-state index contributed by atoms with van der Waals surface area (Å²) in [4.78, 5) is 26.6. The average Bonchev–Trinajstić information content (AvgIpc) is 3.02. The van der Waals surface area contributed by atoms with Gasteiger partial charge in [-0.15, -0.1) is 0 Å². The molecule has 0 radical (unpaired) electrons. The predicted octanol–water partition coefficient (Wildman–Crippen LogP) is 0.961. The Morgan fingerprint density at radius 3 is 2.41 bits per heavy atom. The highest BCUT2D eigenvalue weighted by molar-refractivity contribution is 5.77. The average molecular weight is 414 g/mol. The van der Waals surface area contributed by atoms with Crippen LogP contribution in [0.4, 0.5) is 13.2 Å². The van der Waals surface area contributed by atoms with E-state index in [1.165, 1.54) is 9.47 Å². The highest BCUT2D eigenvalue weighted by Gasteiger charge is 2.34. The summed E-state index contributed by atoms with van der Waals surface area (Å²) >= 11 is 0. The molecule has 1 aromatic carbocycles. The summed E-state index contributed by atoms with van der Waals surface area (Å²) in [5.41, 5.74) is 0.669. The van der Waals surface area contributed by atoms with E-state index in [0.29, 0.717) is 24.5 Å². The van der Waals surface area contributed by atoms with E-state index in [1.54, 1.807) is 24.3 Å². The Morgan fingerprint density at radius 1 is 1.14 bits per heavy atom. The van der Waals surface area contributed by atoms with E-state index in [-0.39, 0.29) is 26.2 Å². The number of aromatic nitrogens is 2. The van der Waals surface area contributed by atoms with Crippen molar-refractivity contribution < 1.29 is 27.6 Å². The van der Waals surface area contributed by atoms with E-state index in [0.717, 1.165) is 0 Å². The number of amides is 1. The summed E-state index contributed by atoms with van der Waals surface area (Å²) in [5, 5.41) is 14.2. The standard InChI is InChI=1S/C18H21F3N4O4/c19-18(20,21)10-15(27)24-8-6-23(7-9-24)11-14(26)12-25-16(22-29-17(25)28)13-4-2-1-3-5-13/h1-5,14,26H,6-12H2. The number of β-amino-alcohol motifs (C(OH)–C–C–N with tert-alkyl or cyclic N) is 1. The summed E-state index contributed by atoms with van der Waals surface area (Å²) in [6, 6.07) is 8.92. The number of benzene rings is 1. The van der Waals surface area contributed by atoms with Gasteiger partial charge in [0.1, 0.15) is 6.42 Å². The van der Waals surface area contributed by atoms with Gasteiger partial charge in [0, 0.05) is 38.3 Å². The molecule has 1 N–H and O–H groups in total. The maximum absolute atomic E-state index is 12.3. The van der Waals surface area contributed by atoms with Crippen molar-refractivity contribution in [2.24, 2.45) is 0 Å². The van der Waals surface area contributed by atoms with Gasteiger partial charge >= 0.3 is 11.9 Å². The van der Waals surface area contributed by atoms with Gasteiger partial charge in [0.25, 0.3) is 0 Å². The normalized spacial score (nSPS) is 16.8. The molecule has 0 aliphatic carbocycles. The number of rotatable bonds is 6. The van der Waals surface area contributed by atoms with Crippen molar-refractivity contribution in [3.63, 3.8) is 0 Å². The van der Waals surface area contributed by atoms with Gasteiger partial charge < -0.3 is 10.0 Å². The molecule has 1 aromatic heterocycles. The van der Waals surface area contributed by atoms with Crippen molar-refractivity contribution in [2.75, 3.05) is 32.7 Å². The first-order valence-electron chi connectivity index (χ1n) is 9.10.